The molecule has 1 fully saturated rings. The number of likely N-dealkylation sites (N-methyl/N-ethyl adjacent to an activating group) is 1. The fourth-order valence-corrected chi connectivity index (χ4v) is 2.69. The Morgan fingerprint density at radius 3 is 2.50 bits per heavy atom. The Morgan fingerprint density at radius 2 is 2.04 bits per heavy atom. The Hall–Kier alpha value is -3.04. The van der Waals surface area contributed by atoms with E-state index in [1.54, 1.807) is 7.05 Å². The SMILES string of the molecule is C=N/C(Cn1cc(C(N)=O)c(=O)n(C2CCC2)c1=O)=N\N(C)CC(C)=O. The predicted octanol–water partition coefficient (Wildman–Crippen LogP) is -0.631. The maximum Gasteiger partial charge on any atom is 0.331 e. The third-order valence-electron chi connectivity index (χ3n) is 4.12. The van der Waals surface area contributed by atoms with Crippen LogP contribution >= 0.6 is 0 Å². The van der Waals surface area contributed by atoms with Gasteiger partial charge in [0.25, 0.3) is 11.5 Å². The van der Waals surface area contributed by atoms with Crippen molar-refractivity contribution in [1.29, 1.82) is 0 Å². The molecule has 1 amide bonds. The van der Waals surface area contributed by atoms with Crippen LogP contribution in [-0.2, 0) is 11.3 Å². The summed E-state index contributed by atoms with van der Waals surface area (Å²) in [6, 6.07) is -0.238. The van der Waals surface area contributed by atoms with E-state index in [0.717, 1.165) is 21.8 Å². The first-order valence-corrected chi connectivity index (χ1v) is 8.15. The van der Waals surface area contributed by atoms with Crippen molar-refractivity contribution in [2.75, 3.05) is 13.6 Å². The van der Waals surface area contributed by atoms with Crippen LogP contribution in [0.15, 0.2) is 25.9 Å². The standard InChI is InChI=1S/C16H22N6O4/c1-10(23)7-20(3)19-13(18-2)9-21-8-12(14(17)24)15(25)22(16(21)26)11-5-4-6-11/h8,11H,2,4-7,9H2,1,3H3,(H2,17,24)/b19-13-. The van der Waals surface area contributed by atoms with E-state index in [-0.39, 0.29) is 36.3 Å². The first-order valence-electron chi connectivity index (χ1n) is 8.15. The molecule has 1 aliphatic carbocycles. The van der Waals surface area contributed by atoms with Crippen LogP contribution in [0.2, 0.25) is 0 Å². The van der Waals surface area contributed by atoms with Crippen LogP contribution < -0.4 is 17.0 Å². The topological polar surface area (TPSA) is 132 Å². The molecule has 10 nitrogen and oxygen atoms in total. The number of carbonyl (C=O) groups excluding carboxylic acids is 2. The average Bonchev–Trinajstić information content (AvgIpc) is 2.49. The number of aliphatic imine (C=N–C) groups is 1. The van der Waals surface area contributed by atoms with Gasteiger partial charge in [0.2, 0.25) is 0 Å². The summed E-state index contributed by atoms with van der Waals surface area (Å²) in [5.41, 5.74) is 3.78. The molecule has 0 aliphatic heterocycles. The van der Waals surface area contributed by atoms with Crippen molar-refractivity contribution in [3.63, 3.8) is 0 Å². The number of hydrogen-bond donors (Lipinski definition) is 1. The lowest BCUT2D eigenvalue weighted by Crippen LogP contribution is -2.47. The summed E-state index contributed by atoms with van der Waals surface area (Å²) in [6.45, 7) is 4.79. The zero-order valence-electron chi connectivity index (χ0n) is 14.8. The van der Waals surface area contributed by atoms with Gasteiger partial charge in [-0.25, -0.2) is 9.79 Å². The van der Waals surface area contributed by atoms with Gasteiger partial charge in [-0.2, -0.15) is 5.10 Å². The van der Waals surface area contributed by atoms with Gasteiger partial charge in [0.1, 0.15) is 5.56 Å². The van der Waals surface area contributed by atoms with Crippen molar-refractivity contribution >= 4 is 24.2 Å². The van der Waals surface area contributed by atoms with Crippen LogP contribution in [0.3, 0.4) is 0 Å². The molecule has 0 radical (unpaired) electrons. The maximum atomic E-state index is 12.7. The van der Waals surface area contributed by atoms with Gasteiger partial charge in [0.05, 0.1) is 13.1 Å². The number of amidine groups is 1. The zero-order chi connectivity index (χ0) is 19.4. The van der Waals surface area contributed by atoms with Gasteiger partial charge in [-0.3, -0.25) is 28.5 Å². The molecule has 2 N–H and O–H groups in total. The second kappa shape index (κ2) is 7.89. The normalized spacial score (nSPS) is 14.6. The monoisotopic (exact) mass is 362 g/mol. The van der Waals surface area contributed by atoms with Crippen LogP contribution in [0.4, 0.5) is 0 Å². The second-order valence-electron chi connectivity index (χ2n) is 6.27. The number of rotatable bonds is 7. The summed E-state index contributed by atoms with van der Waals surface area (Å²) in [7, 11) is 1.58. The van der Waals surface area contributed by atoms with Gasteiger partial charge in [0.15, 0.2) is 11.6 Å². The summed E-state index contributed by atoms with van der Waals surface area (Å²) in [6.07, 6.45) is 3.42. The van der Waals surface area contributed by atoms with Crippen LogP contribution in [0.25, 0.3) is 0 Å². The number of amides is 1. The lowest BCUT2D eigenvalue weighted by Gasteiger charge is -2.27. The molecule has 1 aromatic heterocycles. The van der Waals surface area contributed by atoms with E-state index in [1.807, 2.05) is 0 Å². The molecule has 10 heteroatoms. The molecule has 140 valence electrons. The molecule has 0 bridgehead atoms. The molecular weight excluding hydrogens is 340 g/mol. The van der Waals surface area contributed by atoms with Gasteiger partial charge < -0.3 is 5.73 Å². The Labute approximate surface area is 149 Å². The number of aromatic nitrogens is 2. The van der Waals surface area contributed by atoms with Gasteiger partial charge in [-0.1, -0.05) is 0 Å². The van der Waals surface area contributed by atoms with E-state index in [9.17, 15) is 19.2 Å². The zero-order valence-corrected chi connectivity index (χ0v) is 14.8. The van der Waals surface area contributed by atoms with Crippen molar-refractivity contribution in [3.8, 4) is 0 Å². The highest BCUT2D eigenvalue weighted by Gasteiger charge is 2.26. The van der Waals surface area contributed by atoms with Crippen molar-refractivity contribution in [3.05, 3.63) is 32.6 Å². The fourth-order valence-electron chi connectivity index (χ4n) is 2.69. The minimum Gasteiger partial charge on any atom is -0.365 e. The number of nitrogens with two attached hydrogens (primary N) is 1. The highest BCUT2D eigenvalue weighted by atomic mass is 16.2. The Kier molecular flexibility index (Phi) is 5.86. The lowest BCUT2D eigenvalue weighted by molar-refractivity contribution is -0.117. The summed E-state index contributed by atoms with van der Waals surface area (Å²) in [4.78, 5) is 51.6. The van der Waals surface area contributed by atoms with Crippen molar-refractivity contribution < 1.29 is 9.59 Å². The number of ketones is 1. The van der Waals surface area contributed by atoms with Crippen LogP contribution in [0, 0.1) is 0 Å². The summed E-state index contributed by atoms with van der Waals surface area (Å²) in [5.74, 6) is -0.841. The van der Waals surface area contributed by atoms with E-state index in [4.69, 9.17) is 5.73 Å². The molecular formula is C16H22N6O4. The van der Waals surface area contributed by atoms with Crippen molar-refractivity contribution in [2.24, 2.45) is 15.8 Å². The van der Waals surface area contributed by atoms with E-state index in [1.165, 1.54) is 11.9 Å². The second-order valence-corrected chi connectivity index (χ2v) is 6.27. The average molecular weight is 362 g/mol. The fraction of sp³-hybridized carbons (Fsp3) is 0.500. The third-order valence-corrected chi connectivity index (χ3v) is 4.12. The van der Waals surface area contributed by atoms with Crippen LogP contribution in [-0.4, -0.2) is 52.0 Å². The molecule has 0 saturated heterocycles. The first kappa shape index (κ1) is 19.3. The number of hydrogen-bond acceptors (Lipinski definition) is 6. The minimum atomic E-state index is -0.907. The molecule has 1 heterocycles. The Bertz CT molecular complexity index is 878. The molecule has 1 saturated carbocycles. The molecule has 0 spiro atoms. The molecule has 1 aromatic rings. The number of Topliss-reactive ketones (excluding diaryl/α,β-unsaturated/α-hetero) is 1. The molecule has 0 atom stereocenters. The Balaban J connectivity index is 2.46. The van der Waals surface area contributed by atoms with Crippen LogP contribution in [0.1, 0.15) is 42.6 Å². The lowest BCUT2D eigenvalue weighted by atomic mass is 9.93. The van der Waals surface area contributed by atoms with E-state index in [0.29, 0.717) is 12.8 Å². The van der Waals surface area contributed by atoms with Crippen molar-refractivity contribution in [1.82, 2.24) is 14.1 Å². The smallest absolute Gasteiger partial charge is 0.331 e. The summed E-state index contributed by atoms with van der Waals surface area (Å²) < 4.78 is 2.23. The number of hydrazone groups is 1. The molecule has 2 rings (SSSR count). The molecule has 0 aromatic carbocycles. The van der Waals surface area contributed by atoms with Gasteiger partial charge >= 0.3 is 5.69 Å². The van der Waals surface area contributed by atoms with E-state index < -0.39 is 17.2 Å². The Morgan fingerprint density at radius 1 is 1.38 bits per heavy atom. The number of primary amides is 1. The highest BCUT2D eigenvalue weighted by molar-refractivity contribution is 5.92. The summed E-state index contributed by atoms with van der Waals surface area (Å²) >= 11 is 0. The maximum absolute atomic E-state index is 12.7. The largest absolute Gasteiger partial charge is 0.365 e. The van der Waals surface area contributed by atoms with Crippen LogP contribution in [0.5, 0.6) is 0 Å². The predicted molar refractivity (Wildman–Crippen MR) is 96.7 cm³/mol. The van der Waals surface area contributed by atoms with Gasteiger partial charge in [-0.15, -0.1) is 0 Å². The quantitative estimate of drug-likeness (QED) is 0.392. The van der Waals surface area contributed by atoms with Crippen molar-refractivity contribution in [2.45, 2.75) is 38.8 Å². The molecule has 26 heavy (non-hydrogen) atoms. The van der Waals surface area contributed by atoms with E-state index >= 15 is 0 Å². The van der Waals surface area contributed by atoms with Gasteiger partial charge in [0, 0.05) is 19.3 Å². The number of carbonyl (C=O) groups is 2. The first-order chi connectivity index (χ1) is 12.2. The third kappa shape index (κ3) is 4.13. The molecule has 1 aliphatic rings. The van der Waals surface area contributed by atoms with Gasteiger partial charge in [-0.05, 0) is 32.9 Å². The minimum absolute atomic E-state index is 0.0715. The van der Waals surface area contributed by atoms with E-state index in [2.05, 4.69) is 16.8 Å². The highest BCUT2D eigenvalue weighted by Crippen LogP contribution is 2.28. The number of nitrogens with zero attached hydrogens (tertiary/aromatic N) is 5. The summed E-state index contributed by atoms with van der Waals surface area (Å²) in [5, 5.41) is 5.48. The molecule has 0 unspecified atom stereocenters.